The van der Waals surface area contributed by atoms with Crippen molar-refractivity contribution < 1.29 is 17.9 Å². The van der Waals surface area contributed by atoms with Crippen molar-refractivity contribution in [2.24, 2.45) is 5.92 Å². The van der Waals surface area contributed by atoms with E-state index < -0.39 is 6.18 Å². The largest absolute Gasteiger partial charge is 0.386 e. The molecule has 2 aromatic carbocycles. The number of halogens is 3. The minimum Gasteiger partial charge on any atom is -0.365 e. The molecule has 0 saturated carbocycles. The maximum atomic E-state index is 10.4. The fraction of sp³-hybridized carbons (Fsp3) is 0.455. The second-order valence-corrected chi connectivity index (χ2v) is 5.99. The summed E-state index contributed by atoms with van der Waals surface area (Å²) in [6.07, 6.45) is -1.72. The number of benzene rings is 2. The fourth-order valence-electron chi connectivity index (χ4n) is 3.35. The quantitative estimate of drug-likeness (QED) is 0.570. The Hall–Kier alpha value is -1.81. The zero-order valence-electron chi connectivity index (χ0n) is 16.0. The van der Waals surface area contributed by atoms with Crippen LogP contribution in [0.4, 0.5) is 13.2 Å². The van der Waals surface area contributed by atoms with Crippen molar-refractivity contribution in [1.82, 2.24) is 0 Å². The van der Waals surface area contributed by atoms with Gasteiger partial charge < -0.3 is 4.74 Å². The average Bonchev–Trinajstić information content (AvgIpc) is 3.08. The van der Waals surface area contributed by atoms with Gasteiger partial charge in [0.05, 0.1) is 0 Å². The van der Waals surface area contributed by atoms with Gasteiger partial charge in [0.25, 0.3) is 0 Å². The van der Waals surface area contributed by atoms with E-state index in [2.05, 4.69) is 67.6 Å². The summed E-state index contributed by atoms with van der Waals surface area (Å²) in [5, 5.41) is 0. The molecule has 0 radical (unpaired) electrons. The highest BCUT2D eigenvalue weighted by molar-refractivity contribution is 5.38. The highest BCUT2D eigenvalue weighted by Crippen LogP contribution is 2.47. The van der Waals surface area contributed by atoms with Crippen LogP contribution in [0.5, 0.6) is 0 Å². The van der Waals surface area contributed by atoms with Crippen LogP contribution in [0, 0.1) is 5.92 Å². The molecule has 0 aromatic heterocycles. The van der Waals surface area contributed by atoms with E-state index in [1.54, 1.807) is 0 Å². The maximum absolute atomic E-state index is 10.4. The van der Waals surface area contributed by atoms with Crippen LogP contribution in [0.25, 0.3) is 0 Å². The molecular weight excluding hydrogens is 337 g/mol. The first-order valence-corrected chi connectivity index (χ1v) is 9.19. The molecule has 144 valence electrons. The van der Waals surface area contributed by atoms with Crippen molar-refractivity contribution in [2.45, 2.75) is 52.3 Å². The Bertz CT molecular complexity index is 563. The van der Waals surface area contributed by atoms with E-state index in [1.165, 1.54) is 11.1 Å². The number of rotatable bonds is 3. The number of hydrogen-bond acceptors (Lipinski definition) is 1. The predicted octanol–water partition coefficient (Wildman–Crippen LogP) is 6.97. The van der Waals surface area contributed by atoms with Crippen LogP contribution in [0.2, 0.25) is 0 Å². The SMILES string of the molecule is CC.CC(F)(F)F.CCC1CCOC1(c1ccccc1)c1ccccc1. The zero-order chi connectivity index (χ0) is 19.6. The van der Waals surface area contributed by atoms with Crippen LogP contribution in [0.3, 0.4) is 0 Å². The lowest BCUT2D eigenvalue weighted by atomic mass is 9.75. The second-order valence-electron chi connectivity index (χ2n) is 5.99. The molecule has 0 amide bonds. The topological polar surface area (TPSA) is 9.23 Å². The molecule has 3 rings (SSSR count). The Balaban J connectivity index is 0.000000420. The summed E-state index contributed by atoms with van der Waals surface area (Å²) < 4.78 is 37.4. The van der Waals surface area contributed by atoms with Gasteiger partial charge in [0, 0.05) is 13.5 Å². The van der Waals surface area contributed by atoms with E-state index in [0.717, 1.165) is 19.4 Å². The van der Waals surface area contributed by atoms with Crippen molar-refractivity contribution in [2.75, 3.05) is 6.61 Å². The van der Waals surface area contributed by atoms with Crippen LogP contribution in [-0.4, -0.2) is 12.8 Å². The van der Waals surface area contributed by atoms with Gasteiger partial charge in [-0.3, -0.25) is 0 Å². The van der Waals surface area contributed by atoms with Crippen LogP contribution in [0.1, 0.15) is 51.7 Å². The third-order valence-electron chi connectivity index (χ3n) is 4.27. The summed E-state index contributed by atoms with van der Waals surface area (Å²) in [6.45, 7) is 7.30. The van der Waals surface area contributed by atoms with E-state index in [4.69, 9.17) is 4.74 Å². The van der Waals surface area contributed by atoms with Gasteiger partial charge in [0.2, 0.25) is 0 Å². The normalized spacial score (nSPS) is 18.2. The maximum Gasteiger partial charge on any atom is 0.386 e. The summed E-state index contributed by atoms with van der Waals surface area (Å²) in [7, 11) is 0. The Morgan fingerprint density at radius 3 is 1.65 bits per heavy atom. The molecule has 0 N–H and O–H groups in total. The summed E-state index contributed by atoms with van der Waals surface area (Å²) in [5.74, 6) is 0.553. The second kappa shape index (κ2) is 10.4. The van der Waals surface area contributed by atoms with Crippen molar-refractivity contribution >= 4 is 0 Å². The van der Waals surface area contributed by atoms with Gasteiger partial charge in [-0.1, -0.05) is 81.4 Å². The number of alkyl halides is 3. The summed E-state index contributed by atoms with van der Waals surface area (Å²) in [4.78, 5) is 0. The van der Waals surface area contributed by atoms with Crippen LogP contribution in [0.15, 0.2) is 60.7 Å². The van der Waals surface area contributed by atoms with Gasteiger partial charge in [-0.2, -0.15) is 13.2 Å². The van der Waals surface area contributed by atoms with Crippen molar-refractivity contribution in [3.05, 3.63) is 71.8 Å². The van der Waals surface area contributed by atoms with Gasteiger partial charge >= 0.3 is 6.18 Å². The van der Waals surface area contributed by atoms with E-state index in [-0.39, 0.29) is 12.5 Å². The van der Waals surface area contributed by atoms with Gasteiger partial charge in [-0.15, -0.1) is 0 Å². The van der Waals surface area contributed by atoms with Gasteiger partial charge in [-0.25, -0.2) is 0 Å². The summed E-state index contributed by atoms with van der Waals surface area (Å²) in [5.41, 5.74) is 2.31. The first-order chi connectivity index (χ1) is 12.4. The number of ether oxygens (including phenoxy) is 1. The number of hydrogen-bond donors (Lipinski definition) is 0. The Morgan fingerprint density at radius 1 is 0.923 bits per heavy atom. The third-order valence-corrected chi connectivity index (χ3v) is 4.27. The van der Waals surface area contributed by atoms with Crippen LogP contribution < -0.4 is 0 Å². The fourth-order valence-corrected chi connectivity index (χ4v) is 3.35. The molecule has 1 atom stereocenters. The molecule has 1 saturated heterocycles. The van der Waals surface area contributed by atoms with Crippen LogP contribution >= 0.6 is 0 Å². The van der Waals surface area contributed by atoms with E-state index in [9.17, 15) is 13.2 Å². The highest BCUT2D eigenvalue weighted by Gasteiger charge is 2.45. The third kappa shape index (κ3) is 5.87. The van der Waals surface area contributed by atoms with Crippen molar-refractivity contribution in [3.63, 3.8) is 0 Å². The molecule has 1 fully saturated rings. The van der Waals surface area contributed by atoms with Crippen LogP contribution in [-0.2, 0) is 10.3 Å². The Kier molecular flexibility index (Phi) is 8.86. The molecule has 26 heavy (non-hydrogen) atoms. The molecule has 1 unspecified atom stereocenters. The molecular formula is C22H29F3O. The molecule has 1 aliphatic heterocycles. The van der Waals surface area contributed by atoms with E-state index in [1.807, 2.05) is 13.8 Å². The first-order valence-electron chi connectivity index (χ1n) is 9.19. The summed E-state index contributed by atoms with van der Waals surface area (Å²) in [6, 6.07) is 21.3. The van der Waals surface area contributed by atoms with E-state index in [0.29, 0.717) is 5.92 Å². The predicted molar refractivity (Wildman–Crippen MR) is 101 cm³/mol. The van der Waals surface area contributed by atoms with Gasteiger partial charge in [-0.05, 0) is 29.9 Å². The molecule has 1 heterocycles. The lowest BCUT2D eigenvalue weighted by Crippen LogP contribution is -2.33. The smallest absolute Gasteiger partial charge is 0.365 e. The van der Waals surface area contributed by atoms with Gasteiger partial charge in [0.15, 0.2) is 0 Å². The molecule has 0 bridgehead atoms. The molecule has 2 aromatic rings. The zero-order valence-corrected chi connectivity index (χ0v) is 16.0. The van der Waals surface area contributed by atoms with E-state index >= 15 is 0 Å². The standard InChI is InChI=1S/C18H20O.C2H3F3.C2H6/c1-2-15-13-14-19-18(15,16-9-5-3-6-10-16)17-11-7-4-8-12-17;1-2(3,4)5;1-2/h3-12,15H,2,13-14H2,1H3;1H3;1-2H3. The lowest BCUT2D eigenvalue weighted by molar-refractivity contribution is -0.110. The minimum absolute atomic E-state index is 0.188. The molecule has 1 nitrogen and oxygen atoms in total. The molecule has 0 aliphatic carbocycles. The van der Waals surface area contributed by atoms with Gasteiger partial charge in [0.1, 0.15) is 5.60 Å². The highest BCUT2D eigenvalue weighted by atomic mass is 19.4. The Morgan fingerprint density at radius 2 is 1.31 bits per heavy atom. The average molecular weight is 366 g/mol. The monoisotopic (exact) mass is 366 g/mol. The molecule has 1 aliphatic rings. The van der Waals surface area contributed by atoms with Crippen molar-refractivity contribution in [3.8, 4) is 0 Å². The lowest BCUT2D eigenvalue weighted by Gasteiger charge is -2.35. The van der Waals surface area contributed by atoms with Crippen molar-refractivity contribution in [1.29, 1.82) is 0 Å². The summed E-state index contributed by atoms with van der Waals surface area (Å²) >= 11 is 0. The molecule has 4 heteroatoms. The minimum atomic E-state index is -4.00. The Labute approximate surface area is 155 Å². The first kappa shape index (κ1) is 22.2. The molecule has 0 spiro atoms.